The highest BCUT2D eigenvalue weighted by Gasteiger charge is 2.51. The summed E-state index contributed by atoms with van der Waals surface area (Å²) >= 11 is 0. The lowest BCUT2D eigenvalue weighted by Gasteiger charge is -2.17. The number of carbonyl (C=O) groups is 4. The highest BCUT2D eigenvalue weighted by Crippen LogP contribution is 2.31. The summed E-state index contributed by atoms with van der Waals surface area (Å²) < 4.78 is 41.0. The van der Waals surface area contributed by atoms with Gasteiger partial charge in [-0.05, 0) is 48.5 Å². The van der Waals surface area contributed by atoms with Gasteiger partial charge in [0.1, 0.15) is 23.7 Å². The van der Waals surface area contributed by atoms with Crippen molar-refractivity contribution in [2.24, 2.45) is 0 Å². The first kappa shape index (κ1) is 24.9. The van der Waals surface area contributed by atoms with Crippen molar-refractivity contribution < 1.29 is 57.1 Å². The SMILES string of the molecule is COC(=O)Oc1ccc(C(=O)OC2CO[C@@H]3[C@@H](OC(=O)c4ccc(OC(=O)OC)cc4)CO[C@H]23)cc1. The van der Waals surface area contributed by atoms with Crippen molar-refractivity contribution in [2.75, 3.05) is 27.4 Å². The van der Waals surface area contributed by atoms with Crippen molar-refractivity contribution in [3.05, 3.63) is 59.7 Å². The Bertz CT molecular complexity index is 1020. The Morgan fingerprint density at radius 3 is 1.33 bits per heavy atom. The maximum Gasteiger partial charge on any atom is 0.513 e. The van der Waals surface area contributed by atoms with Gasteiger partial charge in [-0.15, -0.1) is 0 Å². The summed E-state index contributed by atoms with van der Waals surface area (Å²) in [6.07, 6.45) is -4.37. The van der Waals surface area contributed by atoms with E-state index in [1.807, 2.05) is 0 Å². The van der Waals surface area contributed by atoms with Crippen molar-refractivity contribution in [2.45, 2.75) is 24.4 Å². The Labute approximate surface area is 204 Å². The zero-order valence-corrected chi connectivity index (χ0v) is 19.2. The molecule has 12 nitrogen and oxygen atoms in total. The summed E-state index contributed by atoms with van der Waals surface area (Å²) in [7, 11) is 2.37. The molecule has 0 aromatic heterocycles. The van der Waals surface area contributed by atoms with Crippen molar-refractivity contribution >= 4 is 24.2 Å². The van der Waals surface area contributed by atoms with E-state index in [0.717, 1.165) is 0 Å². The summed E-state index contributed by atoms with van der Waals surface area (Å²) in [4.78, 5) is 47.4. The molecule has 2 saturated heterocycles. The first-order chi connectivity index (χ1) is 17.4. The average molecular weight is 502 g/mol. The fourth-order valence-electron chi connectivity index (χ4n) is 3.64. The van der Waals surface area contributed by atoms with Crippen LogP contribution in [-0.4, -0.2) is 76.1 Å². The predicted molar refractivity (Wildman–Crippen MR) is 117 cm³/mol. The van der Waals surface area contributed by atoms with Crippen LogP contribution >= 0.6 is 0 Å². The van der Waals surface area contributed by atoms with Gasteiger partial charge in [0.25, 0.3) is 0 Å². The minimum absolute atomic E-state index is 0.0677. The van der Waals surface area contributed by atoms with Crippen LogP contribution in [-0.2, 0) is 28.4 Å². The van der Waals surface area contributed by atoms with Crippen LogP contribution in [0.1, 0.15) is 20.7 Å². The molecular formula is C24H22O12. The number of hydrogen-bond acceptors (Lipinski definition) is 12. The molecule has 2 aliphatic rings. The minimum atomic E-state index is -0.877. The number of hydrogen-bond donors (Lipinski definition) is 0. The highest BCUT2D eigenvalue weighted by atomic mass is 16.7. The van der Waals surface area contributed by atoms with Crippen LogP contribution < -0.4 is 9.47 Å². The second kappa shape index (κ2) is 11.1. The van der Waals surface area contributed by atoms with E-state index in [9.17, 15) is 19.2 Å². The first-order valence-electron chi connectivity index (χ1n) is 10.7. The lowest BCUT2D eigenvalue weighted by atomic mass is 10.1. The normalized spacial score (nSPS) is 22.2. The molecule has 0 amide bonds. The molecule has 0 saturated carbocycles. The standard InChI is InChI=1S/C24H22O12/c1-29-23(27)33-15-7-3-13(4-8-15)21(25)35-17-11-31-20-18(12-32-19(17)20)36-22(26)14-5-9-16(10-6-14)34-24(28)30-2/h3-10,17-20H,11-12H2,1-2H3/t17-,18?,19+,20+/m0/s1. The van der Waals surface area contributed by atoms with Gasteiger partial charge in [-0.1, -0.05) is 0 Å². The van der Waals surface area contributed by atoms with Gasteiger partial charge in [-0.25, -0.2) is 19.2 Å². The molecule has 2 aromatic carbocycles. The molecule has 2 aliphatic heterocycles. The van der Waals surface area contributed by atoms with Gasteiger partial charge < -0.3 is 37.9 Å². The molecule has 2 fully saturated rings. The first-order valence-corrected chi connectivity index (χ1v) is 10.7. The smallest absolute Gasteiger partial charge is 0.453 e. The predicted octanol–water partition coefficient (Wildman–Crippen LogP) is 2.53. The third-order valence-electron chi connectivity index (χ3n) is 5.40. The lowest BCUT2D eigenvalue weighted by molar-refractivity contribution is -0.0287. The van der Waals surface area contributed by atoms with Crippen LogP contribution in [0.4, 0.5) is 9.59 Å². The molecule has 1 unspecified atom stereocenters. The number of ether oxygens (including phenoxy) is 8. The van der Waals surface area contributed by atoms with E-state index >= 15 is 0 Å². The molecular weight excluding hydrogens is 480 g/mol. The Hall–Kier alpha value is -4.16. The summed E-state index contributed by atoms with van der Waals surface area (Å²) in [6, 6.07) is 11.5. The van der Waals surface area contributed by atoms with Crippen LogP contribution in [0, 0.1) is 0 Å². The third kappa shape index (κ3) is 5.73. The molecule has 4 atom stereocenters. The topological polar surface area (TPSA) is 142 Å². The Kier molecular flexibility index (Phi) is 7.66. The summed E-state index contributed by atoms with van der Waals surface area (Å²) in [5, 5.41) is 0. The third-order valence-corrected chi connectivity index (χ3v) is 5.40. The van der Waals surface area contributed by atoms with Crippen molar-refractivity contribution in [1.82, 2.24) is 0 Å². The van der Waals surface area contributed by atoms with E-state index in [4.69, 9.17) is 28.4 Å². The molecule has 0 aliphatic carbocycles. The number of methoxy groups -OCH3 is 2. The molecule has 0 radical (unpaired) electrons. The fraction of sp³-hybridized carbons (Fsp3) is 0.333. The van der Waals surface area contributed by atoms with E-state index in [-0.39, 0.29) is 35.8 Å². The van der Waals surface area contributed by atoms with Gasteiger partial charge >= 0.3 is 24.2 Å². The van der Waals surface area contributed by atoms with Gasteiger partial charge in [0, 0.05) is 0 Å². The van der Waals surface area contributed by atoms with Crippen molar-refractivity contribution in [3.8, 4) is 11.5 Å². The van der Waals surface area contributed by atoms with Gasteiger partial charge in [-0.3, -0.25) is 0 Å². The summed E-state index contributed by atoms with van der Waals surface area (Å²) in [5.41, 5.74) is 0.465. The van der Waals surface area contributed by atoms with Crippen LogP contribution in [0.2, 0.25) is 0 Å². The van der Waals surface area contributed by atoms with Crippen molar-refractivity contribution in [3.63, 3.8) is 0 Å². The highest BCUT2D eigenvalue weighted by molar-refractivity contribution is 5.90. The molecule has 190 valence electrons. The lowest BCUT2D eigenvalue weighted by Crippen LogP contribution is -2.36. The maximum absolute atomic E-state index is 12.5. The number of rotatable bonds is 6. The molecule has 0 N–H and O–H groups in total. The van der Waals surface area contributed by atoms with Crippen LogP contribution in [0.5, 0.6) is 11.5 Å². The van der Waals surface area contributed by atoms with E-state index < -0.39 is 48.7 Å². The molecule has 0 spiro atoms. The van der Waals surface area contributed by atoms with Crippen LogP contribution in [0.25, 0.3) is 0 Å². The van der Waals surface area contributed by atoms with Gasteiger partial charge in [0.2, 0.25) is 0 Å². The number of carbonyl (C=O) groups excluding carboxylic acids is 4. The minimum Gasteiger partial charge on any atom is -0.453 e. The number of benzene rings is 2. The van der Waals surface area contributed by atoms with Crippen molar-refractivity contribution in [1.29, 1.82) is 0 Å². The van der Waals surface area contributed by atoms with Crippen LogP contribution in [0.15, 0.2) is 48.5 Å². The summed E-state index contributed by atoms with van der Waals surface area (Å²) in [6.45, 7) is 0.135. The van der Waals surface area contributed by atoms with Gasteiger partial charge in [0.15, 0.2) is 12.2 Å². The molecule has 36 heavy (non-hydrogen) atoms. The molecule has 0 bridgehead atoms. The second-order valence-corrected chi connectivity index (χ2v) is 7.64. The monoisotopic (exact) mass is 502 g/mol. The van der Waals surface area contributed by atoms with E-state index in [2.05, 4.69) is 9.47 Å². The van der Waals surface area contributed by atoms with E-state index in [0.29, 0.717) is 0 Å². The molecule has 12 heteroatoms. The summed E-state index contributed by atoms with van der Waals surface area (Å²) in [5.74, 6) is -0.825. The van der Waals surface area contributed by atoms with Crippen LogP contribution in [0.3, 0.4) is 0 Å². The quantitative estimate of drug-likeness (QED) is 0.325. The number of esters is 2. The molecule has 4 rings (SSSR count). The van der Waals surface area contributed by atoms with E-state index in [1.54, 1.807) is 0 Å². The van der Waals surface area contributed by atoms with E-state index in [1.165, 1.54) is 62.8 Å². The zero-order chi connectivity index (χ0) is 25.7. The Morgan fingerprint density at radius 2 is 1.00 bits per heavy atom. The zero-order valence-electron chi connectivity index (χ0n) is 19.2. The second-order valence-electron chi connectivity index (χ2n) is 7.64. The average Bonchev–Trinajstić information content (AvgIpc) is 3.47. The Balaban J connectivity index is 1.30. The Morgan fingerprint density at radius 1 is 0.639 bits per heavy atom. The molecule has 2 aromatic rings. The van der Waals surface area contributed by atoms with Gasteiger partial charge in [0.05, 0.1) is 38.6 Å². The largest absolute Gasteiger partial charge is 0.513 e. The molecule has 2 heterocycles. The van der Waals surface area contributed by atoms with Gasteiger partial charge in [-0.2, -0.15) is 0 Å². The maximum atomic E-state index is 12.5. The number of fused-ring (bicyclic) bond motifs is 1. The fourth-order valence-corrected chi connectivity index (χ4v) is 3.64.